The second kappa shape index (κ2) is 4.28. The summed E-state index contributed by atoms with van der Waals surface area (Å²) in [6.07, 6.45) is 0.904. The van der Waals surface area contributed by atoms with Crippen LogP contribution in [0.5, 0.6) is 0 Å². The van der Waals surface area contributed by atoms with Gasteiger partial charge in [0.1, 0.15) is 11.0 Å². The van der Waals surface area contributed by atoms with Crippen molar-refractivity contribution in [2.24, 2.45) is 0 Å². The number of para-hydroxylation sites is 1. The predicted molar refractivity (Wildman–Crippen MR) is 60.6 cm³/mol. The number of rotatable bonds is 3. The number of benzene rings is 1. The van der Waals surface area contributed by atoms with E-state index >= 15 is 0 Å². The van der Waals surface area contributed by atoms with E-state index in [0.717, 1.165) is 28.5 Å². The maximum atomic E-state index is 5.64. The minimum Gasteiger partial charge on any atom is -0.243 e. The number of nitrogens with zero attached hydrogens (tertiary/aromatic N) is 3. The first-order chi connectivity index (χ1) is 6.83. The Morgan fingerprint density at radius 2 is 2.29 bits per heavy atom. The summed E-state index contributed by atoms with van der Waals surface area (Å²) in [5.41, 5.74) is 1.95. The van der Waals surface area contributed by atoms with Gasteiger partial charge in [0.25, 0.3) is 0 Å². The van der Waals surface area contributed by atoms with E-state index in [2.05, 4.69) is 26.2 Å². The molecule has 0 radical (unpaired) electrons. The van der Waals surface area contributed by atoms with Crippen molar-refractivity contribution in [2.45, 2.75) is 13.0 Å². The standard InChI is InChI=1S/C9H9BrClN3/c10-7-3-1-4-8-9(7)14(13-12-8)6-2-5-11/h1,3-4H,2,5-6H2. The molecule has 5 heteroatoms. The molecule has 0 unspecified atom stereocenters. The predicted octanol–water partition coefficient (Wildman–Crippen LogP) is 2.82. The Bertz CT molecular complexity index is 441. The number of hydrogen-bond acceptors (Lipinski definition) is 2. The Kier molecular flexibility index (Phi) is 3.03. The molecule has 3 nitrogen and oxygen atoms in total. The monoisotopic (exact) mass is 273 g/mol. The number of alkyl halides is 1. The third kappa shape index (κ3) is 1.77. The highest BCUT2D eigenvalue weighted by Crippen LogP contribution is 2.21. The second-order valence-electron chi connectivity index (χ2n) is 2.96. The van der Waals surface area contributed by atoms with Crippen molar-refractivity contribution in [2.75, 3.05) is 5.88 Å². The van der Waals surface area contributed by atoms with Crippen molar-refractivity contribution in [3.8, 4) is 0 Å². The first kappa shape index (κ1) is 9.93. The van der Waals surface area contributed by atoms with E-state index in [1.54, 1.807) is 0 Å². The van der Waals surface area contributed by atoms with Gasteiger partial charge in [-0.2, -0.15) is 0 Å². The largest absolute Gasteiger partial charge is 0.243 e. The number of hydrogen-bond donors (Lipinski definition) is 0. The maximum Gasteiger partial charge on any atom is 0.114 e. The molecular weight excluding hydrogens is 265 g/mol. The SMILES string of the molecule is ClCCCn1nnc2cccc(Br)c21. The first-order valence-electron chi connectivity index (χ1n) is 4.36. The molecule has 0 N–H and O–H groups in total. The summed E-state index contributed by atoms with van der Waals surface area (Å²) in [7, 11) is 0. The zero-order chi connectivity index (χ0) is 9.97. The second-order valence-corrected chi connectivity index (χ2v) is 4.19. The van der Waals surface area contributed by atoms with Crippen LogP contribution in [0.25, 0.3) is 11.0 Å². The molecule has 14 heavy (non-hydrogen) atoms. The number of aryl methyl sites for hydroxylation is 1. The van der Waals surface area contributed by atoms with Crippen LogP contribution in [0.3, 0.4) is 0 Å². The van der Waals surface area contributed by atoms with E-state index in [0.29, 0.717) is 5.88 Å². The summed E-state index contributed by atoms with van der Waals surface area (Å²) >= 11 is 9.12. The van der Waals surface area contributed by atoms with Crippen molar-refractivity contribution in [1.29, 1.82) is 0 Å². The summed E-state index contributed by atoms with van der Waals surface area (Å²) in [5.74, 6) is 0.645. The van der Waals surface area contributed by atoms with Gasteiger partial charge < -0.3 is 0 Å². The average molecular weight is 275 g/mol. The lowest BCUT2D eigenvalue weighted by Gasteiger charge is -2.00. The lowest BCUT2D eigenvalue weighted by Crippen LogP contribution is -2.01. The van der Waals surface area contributed by atoms with Crippen LogP contribution in [-0.2, 0) is 6.54 Å². The van der Waals surface area contributed by atoms with E-state index in [1.807, 2.05) is 22.9 Å². The fraction of sp³-hybridized carbons (Fsp3) is 0.333. The fourth-order valence-electron chi connectivity index (χ4n) is 1.35. The minimum absolute atomic E-state index is 0.645. The summed E-state index contributed by atoms with van der Waals surface area (Å²) in [5, 5.41) is 8.14. The first-order valence-corrected chi connectivity index (χ1v) is 5.69. The number of halogens is 2. The molecule has 1 heterocycles. The number of aromatic nitrogens is 3. The highest BCUT2D eigenvalue weighted by molar-refractivity contribution is 9.10. The van der Waals surface area contributed by atoms with Crippen LogP contribution in [0.4, 0.5) is 0 Å². The van der Waals surface area contributed by atoms with Crippen molar-refractivity contribution in [3.63, 3.8) is 0 Å². The Hall–Kier alpha value is -0.610. The molecular formula is C9H9BrClN3. The maximum absolute atomic E-state index is 5.64. The number of fused-ring (bicyclic) bond motifs is 1. The zero-order valence-electron chi connectivity index (χ0n) is 7.45. The van der Waals surface area contributed by atoms with E-state index < -0.39 is 0 Å². The molecule has 74 valence electrons. The van der Waals surface area contributed by atoms with Gasteiger partial charge >= 0.3 is 0 Å². The fourth-order valence-corrected chi connectivity index (χ4v) is 2.03. The smallest absolute Gasteiger partial charge is 0.114 e. The summed E-state index contributed by atoms with van der Waals surface area (Å²) in [4.78, 5) is 0. The van der Waals surface area contributed by atoms with Crippen molar-refractivity contribution >= 4 is 38.6 Å². The lowest BCUT2D eigenvalue weighted by atomic mass is 10.3. The minimum atomic E-state index is 0.645. The molecule has 0 atom stereocenters. The molecule has 0 aliphatic carbocycles. The molecule has 0 aliphatic rings. The van der Waals surface area contributed by atoms with E-state index in [-0.39, 0.29) is 0 Å². The van der Waals surface area contributed by atoms with Crippen LogP contribution in [-0.4, -0.2) is 20.9 Å². The highest BCUT2D eigenvalue weighted by atomic mass is 79.9. The van der Waals surface area contributed by atoms with Crippen molar-refractivity contribution < 1.29 is 0 Å². The molecule has 0 aliphatic heterocycles. The molecule has 0 fully saturated rings. The summed E-state index contributed by atoms with van der Waals surface area (Å²) in [6, 6.07) is 5.89. The van der Waals surface area contributed by atoms with Crippen LogP contribution in [0.1, 0.15) is 6.42 Å². The van der Waals surface area contributed by atoms with Gasteiger partial charge in [0.05, 0.1) is 0 Å². The molecule has 2 aromatic rings. The van der Waals surface area contributed by atoms with Crippen LogP contribution < -0.4 is 0 Å². The van der Waals surface area contributed by atoms with Crippen molar-refractivity contribution in [1.82, 2.24) is 15.0 Å². The molecule has 0 saturated heterocycles. The van der Waals surface area contributed by atoms with Gasteiger partial charge in [-0.1, -0.05) is 11.3 Å². The van der Waals surface area contributed by atoms with Gasteiger partial charge in [-0.3, -0.25) is 0 Å². The van der Waals surface area contributed by atoms with Gasteiger partial charge in [-0.05, 0) is 34.5 Å². The topological polar surface area (TPSA) is 30.7 Å². The van der Waals surface area contributed by atoms with E-state index in [4.69, 9.17) is 11.6 Å². The van der Waals surface area contributed by atoms with E-state index in [1.165, 1.54) is 0 Å². The quantitative estimate of drug-likeness (QED) is 0.806. The Morgan fingerprint density at radius 1 is 1.43 bits per heavy atom. The van der Waals surface area contributed by atoms with Crippen LogP contribution in [0.15, 0.2) is 22.7 Å². The lowest BCUT2D eigenvalue weighted by molar-refractivity contribution is 0.597. The third-order valence-electron chi connectivity index (χ3n) is 1.99. The molecule has 2 rings (SSSR count). The third-order valence-corrected chi connectivity index (χ3v) is 2.89. The molecule has 0 spiro atoms. The average Bonchev–Trinajstić information content (AvgIpc) is 2.59. The molecule has 0 bridgehead atoms. The van der Waals surface area contributed by atoms with Crippen LogP contribution >= 0.6 is 27.5 Å². The Labute approximate surface area is 95.2 Å². The molecule has 1 aromatic carbocycles. The van der Waals surface area contributed by atoms with Gasteiger partial charge in [0, 0.05) is 16.9 Å². The summed E-state index contributed by atoms with van der Waals surface area (Å²) < 4.78 is 2.90. The van der Waals surface area contributed by atoms with Gasteiger partial charge in [-0.15, -0.1) is 16.7 Å². The highest BCUT2D eigenvalue weighted by Gasteiger charge is 2.06. The van der Waals surface area contributed by atoms with Gasteiger partial charge in [0.2, 0.25) is 0 Å². The molecule has 0 saturated carbocycles. The molecule has 1 aromatic heterocycles. The van der Waals surface area contributed by atoms with Gasteiger partial charge in [-0.25, -0.2) is 4.68 Å². The Morgan fingerprint density at radius 3 is 3.07 bits per heavy atom. The normalized spacial score (nSPS) is 11.0. The van der Waals surface area contributed by atoms with Gasteiger partial charge in [0.15, 0.2) is 0 Å². The Balaban J connectivity index is 2.45. The summed E-state index contributed by atoms with van der Waals surface area (Å²) in [6.45, 7) is 0.808. The van der Waals surface area contributed by atoms with E-state index in [9.17, 15) is 0 Å². The molecule has 0 amide bonds. The van der Waals surface area contributed by atoms with Crippen LogP contribution in [0.2, 0.25) is 0 Å². The van der Waals surface area contributed by atoms with Crippen molar-refractivity contribution in [3.05, 3.63) is 22.7 Å². The zero-order valence-corrected chi connectivity index (χ0v) is 9.79. The van der Waals surface area contributed by atoms with Crippen LogP contribution in [0, 0.1) is 0 Å².